The molecule has 146 valence electrons. The molecule has 0 aliphatic carbocycles. The van der Waals surface area contributed by atoms with Crippen LogP contribution in [0.2, 0.25) is 0 Å². The predicted molar refractivity (Wildman–Crippen MR) is 109 cm³/mol. The largest absolute Gasteiger partial charge is 0.352 e. The third kappa shape index (κ3) is 6.75. The maximum Gasteiger partial charge on any atom is 0.251 e. The van der Waals surface area contributed by atoms with E-state index in [1.54, 1.807) is 18.3 Å². The van der Waals surface area contributed by atoms with E-state index >= 15 is 0 Å². The van der Waals surface area contributed by atoms with Gasteiger partial charge in [-0.2, -0.15) is 0 Å². The van der Waals surface area contributed by atoms with E-state index in [1.165, 1.54) is 11.8 Å². The average Bonchev–Trinajstić information content (AvgIpc) is 3.07. The number of nitrogens with one attached hydrogen (secondary N) is 2. The molecule has 0 bridgehead atoms. The molecule has 0 atom stereocenters. The standard InChI is InChI=1S/C20H28N4O2S/c1-5-6-11-21-18(26)15-7-9-16(10-8-15)24-13-12-22-19(24)27-14-17(25)23-20(2,3)4/h7-10,12-13H,5-6,11,14H2,1-4H3,(H,21,26)(H,23,25). The van der Waals surface area contributed by atoms with E-state index in [1.807, 2.05) is 43.7 Å². The van der Waals surface area contributed by atoms with Crippen LogP contribution in [-0.2, 0) is 4.79 Å². The number of carbonyl (C=O) groups is 2. The van der Waals surface area contributed by atoms with E-state index < -0.39 is 0 Å². The Bertz CT molecular complexity index is 763. The molecule has 6 nitrogen and oxygen atoms in total. The lowest BCUT2D eigenvalue weighted by Crippen LogP contribution is -2.41. The summed E-state index contributed by atoms with van der Waals surface area (Å²) in [7, 11) is 0. The highest BCUT2D eigenvalue weighted by Crippen LogP contribution is 2.21. The highest BCUT2D eigenvalue weighted by molar-refractivity contribution is 7.99. The van der Waals surface area contributed by atoms with E-state index in [0.29, 0.717) is 17.9 Å². The summed E-state index contributed by atoms with van der Waals surface area (Å²) in [4.78, 5) is 28.4. The van der Waals surface area contributed by atoms with Gasteiger partial charge in [-0.05, 0) is 51.5 Å². The van der Waals surface area contributed by atoms with Gasteiger partial charge < -0.3 is 10.6 Å². The monoisotopic (exact) mass is 388 g/mol. The molecule has 0 radical (unpaired) electrons. The molecule has 27 heavy (non-hydrogen) atoms. The lowest BCUT2D eigenvalue weighted by Gasteiger charge is -2.20. The molecule has 7 heteroatoms. The van der Waals surface area contributed by atoms with Crippen LogP contribution in [0.15, 0.2) is 41.8 Å². The third-order valence-electron chi connectivity index (χ3n) is 3.68. The molecule has 1 aromatic heterocycles. The van der Waals surface area contributed by atoms with Crippen molar-refractivity contribution in [3.63, 3.8) is 0 Å². The smallest absolute Gasteiger partial charge is 0.251 e. The molecular formula is C20H28N4O2S. The summed E-state index contributed by atoms with van der Waals surface area (Å²) in [5.41, 5.74) is 1.28. The van der Waals surface area contributed by atoms with Crippen molar-refractivity contribution in [3.05, 3.63) is 42.2 Å². The lowest BCUT2D eigenvalue weighted by atomic mass is 10.1. The number of aromatic nitrogens is 2. The van der Waals surface area contributed by atoms with Gasteiger partial charge in [-0.1, -0.05) is 25.1 Å². The number of hydrogen-bond donors (Lipinski definition) is 2. The van der Waals surface area contributed by atoms with E-state index in [0.717, 1.165) is 23.7 Å². The van der Waals surface area contributed by atoms with Gasteiger partial charge in [0.05, 0.1) is 5.75 Å². The Kier molecular flexibility index (Phi) is 7.47. The zero-order chi connectivity index (χ0) is 19.9. The normalized spacial score (nSPS) is 11.3. The fourth-order valence-electron chi connectivity index (χ4n) is 2.43. The van der Waals surface area contributed by atoms with Gasteiger partial charge in [-0.15, -0.1) is 0 Å². The molecule has 1 heterocycles. The number of rotatable bonds is 8. The quantitative estimate of drug-likeness (QED) is 0.537. The van der Waals surface area contributed by atoms with Gasteiger partial charge in [-0.3, -0.25) is 14.2 Å². The summed E-state index contributed by atoms with van der Waals surface area (Å²) in [6, 6.07) is 7.38. The minimum atomic E-state index is -0.249. The summed E-state index contributed by atoms with van der Waals surface area (Å²) in [5.74, 6) is 0.210. The van der Waals surface area contributed by atoms with Crippen molar-refractivity contribution >= 4 is 23.6 Å². The van der Waals surface area contributed by atoms with Crippen molar-refractivity contribution in [2.45, 2.75) is 51.2 Å². The van der Waals surface area contributed by atoms with Gasteiger partial charge in [-0.25, -0.2) is 4.98 Å². The van der Waals surface area contributed by atoms with Crippen LogP contribution < -0.4 is 10.6 Å². The van der Waals surface area contributed by atoms with E-state index in [2.05, 4.69) is 22.5 Å². The SMILES string of the molecule is CCCCNC(=O)c1ccc(-n2ccnc2SCC(=O)NC(C)(C)C)cc1. The maximum atomic E-state index is 12.1. The molecular weight excluding hydrogens is 360 g/mol. The topological polar surface area (TPSA) is 76.0 Å². The number of amides is 2. The van der Waals surface area contributed by atoms with E-state index in [-0.39, 0.29) is 17.4 Å². The van der Waals surface area contributed by atoms with E-state index in [9.17, 15) is 9.59 Å². The molecule has 0 spiro atoms. The van der Waals surface area contributed by atoms with Crippen molar-refractivity contribution in [1.29, 1.82) is 0 Å². The number of thioether (sulfide) groups is 1. The highest BCUT2D eigenvalue weighted by atomic mass is 32.2. The second-order valence-corrected chi connectivity index (χ2v) is 8.27. The Morgan fingerprint density at radius 3 is 2.52 bits per heavy atom. The first-order valence-corrected chi connectivity index (χ1v) is 10.1. The number of hydrogen-bond acceptors (Lipinski definition) is 4. The highest BCUT2D eigenvalue weighted by Gasteiger charge is 2.15. The van der Waals surface area contributed by atoms with Crippen molar-refractivity contribution in [2.24, 2.45) is 0 Å². The van der Waals surface area contributed by atoms with Gasteiger partial charge in [0.2, 0.25) is 5.91 Å². The maximum absolute atomic E-state index is 12.1. The van der Waals surface area contributed by atoms with Crippen LogP contribution in [0.25, 0.3) is 5.69 Å². The minimum absolute atomic E-state index is 0.0267. The molecule has 2 N–H and O–H groups in total. The number of unbranched alkanes of at least 4 members (excludes halogenated alkanes) is 1. The van der Waals surface area contributed by atoms with Crippen LogP contribution in [0.5, 0.6) is 0 Å². The van der Waals surface area contributed by atoms with Crippen LogP contribution in [-0.4, -0.2) is 39.2 Å². The summed E-state index contributed by atoms with van der Waals surface area (Å²) >= 11 is 1.38. The lowest BCUT2D eigenvalue weighted by molar-refractivity contribution is -0.119. The first-order valence-electron chi connectivity index (χ1n) is 9.16. The van der Waals surface area contributed by atoms with Crippen LogP contribution >= 0.6 is 11.8 Å². The first-order chi connectivity index (χ1) is 12.8. The average molecular weight is 389 g/mol. The fraction of sp³-hybridized carbons (Fsp3) is 0.450. The van der Waals surface area contributed by atoms with Gasteiger partial charge >= 0.3 is 0 Å². The van der Waals surface area contributed by atoms with Gasteiger partial charge in [0, 0.05) is 35.7 Å². The van der Waals surface area contributed by atoms with Crippen LogP contribution in [0.4, 0.5) is 0 Å². The summed E-state index contributed by atoms with van der Waals surface area (Å²) in [5, 5.41) is 6.59. The number of carbonyl (C=O) groups excluding carboxylic acids is 2. The molecule has 0 aliphatic heterocycles. The Morgan fingerprint density at radius 1 is 1.19 bits per heavy atom. The van der Waals surface area contributed by atoms with Crippen molar-refractivity contribution in [2.75, 3.05) is 12.3 Å². The van der Waals surface area contributed by atoms with Crippen LogP contribution in [0.3, 0.4) is 0 Å². The van der Waals surface area contributed by atoms with Crippen LogP contribution in [0.1, 0.15) is 50.9 Å². The molecule has 2 rings (SSSR count). The zero-order valence-corrected chi connectivity index (χ0v) is 17.2. The molecule has 1 aromatic carbocycles. The predicted octanol–water partition coefficient (Wildman–Crippen LogP) is 3.41. The molecule has 0 fully saturated rings. The molecule has 2 amide bonds. The molecule has 2 aromatic rings. The van der Waals surface area contributed by atoms with E-state index in [4.69, 9.17) is 0 Å². The second kappa shape index (κ2) is 9.60. The van der Waals surface area contributed by atoms with Crippen molar-refractivity contribution in [3.8, 4) is 5.69 Å². The Balaban J connectivity index is 2.00. The number of benzene rings is 1. The number of imidazole rings is 1. The Hall–Kier alpha value is -2.28. The minimum Gasteiger partial charge on any atom is -0.352 e. The summed E-state index contributed by atoms with van der Waals surface area (Å²) < 4.78 is 1.91. The first kappa shape index (κ1) is 21.0. The van der Waals surface area contributed by atoms with Crippen LogP contribution in [0, 0.1) is 0 Å². The molecule has 0 saturated heterocycles. The van der Waals surface area contributed by atoms with Gasteiger partial charge in [0.1, 0.15) is 0 Å². The Labute approximate surface area is 165 Å². The second-order valence-electron chi connectivity index (χ2n) is 7.32. The molecule has 0 aliphatic rings. The van der Waals surface area contributed by atoms with Gasteiger partial charge in [0.15, 0.2) is 5.16 Å². The molecule has 0 saturated carbocycles. The van der Waals surface area contributed by atoms with Gasteiger partial charge in [0.25, 0.3) is 5.91 Å². The van der Waals surface area contributed by atoms with Crippen molar-refractivity contribution < 1.29 is 9.59 Å². The fourth-order valence-corrected chi connectivity index (χ4v) is 3.20. The third-order valence-corrected chi connectivity index (χ3v) is 4.64. The van der Waals surface area contributed by atoms with Crippen molar-refractivity contribution in [1.82, 2.24) is 20.2 Å². The summed E-state index contributed by atoms with van der Waals surface area (Å²) in [6.07, 6.45) is 5.58. The zero-order valence-electron chi connectivity index (χ0n) is 16.4. The summed E-state index contributed by atoms with van der Waals surface area (Å²) in [6.45, 7) is 8.65. The number of nitrogens with zero attached hydrogens (tertiary/aromatic N) is 2. The Morgan fingerprint density at radius 2 is 1.89 bits per heavy atom. The molecule has 0 unspecified atom stereocenters.